The van der Waals surface area contributed by atoms with Crippen LogP contribution in [0.5, 0.6) is 5.75 Å². The van der Waals surface area contributed by atoms with E-state index in [1.807, 2.05) is 12.3 Å². The molecular formula is C24H25N7O. The molecule has 3 N–H and O–H groups in total. The minimum absolute atomic E-state index is 0.373. The molecule has 0 bridgehead atoms. The largest absolute Gasteiger partial charge is 0.491 e. The number of benzene rings is 1. The maximum absolute atomic E-state index is 6.09. The highest BCUT2D eigenvalue weighted by molar-refractivity contribution is 5.79. The Kier molecular flexibility index (Phi) is 4.45. The second-order valence-electron chi connectivity index (χ2n) is 8.78. The van der Waals surface area contributed by atoms with Gasteiger partial charge in [-0.3, -0.25) is 0 Å². The zero-order valence-electron chi connectivity index (χ0n) is 18.0. The molecule has 2 aliphatic rings. The van der Waals surface area contributed by atoms with Gasteiger partial charge >= 0.3 is 0 Å². The summed E-state index contributed by atoms with van der Waals surface area (Å²) in [5.41, 5.74) is 13.0. The molecule has 0 amide bonds. The Morgan fingerprint density at radius 2 is 2.09 bits per heavy atom. The van der Waals surface area contributed by atoms with E-state index < -0.39 is 0 Å². The number of pyridine rings is 1. The predicted octanol–water partition coefficient (Wildman–Crippen LogP) is 3.52. The minimum Gasteiger partial charge on any atom is -0.491 e. The highest BCUT2D eigenvalue weighted by atomic mass is 16.5. The molecule has 0 saturated heterocycles. The molecule has 0 saturated carbocycles. The average Bonchev–Trinajstić information content (AvgIpc) is 3.04. The van der Waals surface area contributed by atoms with Crippen molar-refractivity contribution in [1.82, 2.24) is 24.9 Å². The molecule has 0 radical (unpaired) electrons. The predicted molar refractivity (Wildman–Crippen MR) is 124 cm³/mol. The summed E-state index contributed by atoms with van der Waals surface area (Å²) >= 11 is 0. The van der Waals surface area contributed by atoms with Crippen LogP contribution in [0.1, 0.15) is 30.2 Å². The summed E-state index contributed by atoms with van der Waals surface area (Å²) < 4.78 is 6.09. The highest BCUT2D eigenvalue weighted by Crippen LogP contribution is 2.34. The number of aromatic nitrogens is 5. The summed E-state index contributed by atoms with van der Waals surface area (Å²) in [6, 6.07) is 8.35. The molecule has 8 heteroatoms. The molecule has 4 aromatic rings. The van der Waals surface area contributed by atoms with Gasteiger partial charge in [-0.1, -0.05) is 13.0 Å². The van der Waals surface area contributed by atoms with Crippen LogP contribution in [-0.4, -0.2) is 38.1 Å². The van der Waals surface area contributed by atoms with Gasteiger partial charge in [0.25, 0.3) is 0 Å². The number of nitrogen functional groups attached to an aromatic ring is 1. The first-order valence-corrected chi connectivity index (χ1v) is 11.1. The lowest BCUT2D eigenvalue weighted by Crippen LogP contribution is -2.29. The van der Waals surface area contributed by atoms with Crippen LogP contribution in [0.4, 0.5) is 11.8 Å². The number of aromatic amines is 1. The fraction of sp³-hybridized carbons (Fsp3) is 0.333. The molecule has 6 rings (SSSR count). The first-order valence-electron chi connectivity index (χ1n) is 11.1. The van der Waals surface area contributed by atoms with Crippen molar-refractivity contribution in [1.29, 1.82) is 0 Å². The smallest absolute Gasteiger partial charge is 0.200 e. The maximum Gasteiger partial charge on any atom is 0.200 e. The van der Waals surface area contributed by atoms with E-state index in [-0.39, 0.29) is 0 Å². The molecule has 1 aliphatic carbocycles. The number of ether oxygens (including phenoxy) is 1. The van der Waals surface area contributed by atoms with Crippen molar-refractivity contribution in [3.8, 4) is 16.9 Å². The van der Waals surface area contributed by atoms with E-state index in [9.17, 15) is 0 Å². The van der Waals surface area contributed by atoms with E-state index in [1.165, 1.54) is 17.7 Å². The Hall–Kier alpha value is -3.68. The second kappa shape index (κ2) is 7.47. The molecular weight excluding hydrogens is 402 g/mol. The summed E-state index contributed by atoms with van der Waals surface area (Å²) in [5, 5.41) is 0. The lowest BCUT2D eigenvalue weighted by Gasteiger charge is -2.28. The summed E-state index contributed by atoms with van der Waals surface area (Å²) in [5.74, 6) is 3.03. The van der Waals surface area contributed by atoms with E-state index >= 15 is 0 Å². The third-order valence-corrected chi connectivity index (χ3v) is 6.47. The average molecular weight is 428 g/mol. The van der Waals surface area contributed by atoms with Crippen molar-refractivity contribution in [3.63, 3.8) is 0 Å². The molecule has 1 aliphatic heterocycles. The van der Waals surface area contributed by atoms with Crippen LogP contribution in [0.3, 0.4) is 0 Å². The number of nitrogens with two attached hydrogens (primary N) is 1. The van der Waals surface area contributed by atoms with Crippen LogP contribution >= 0.6 is 0 Å². The molecule has 1 atom stereocenters. The van der Waals surface area contributed by atoms with Crippen molar-refractivity contribution < 1.29 is 4.74 Å². The highest BCUT2D eigenvalue weighted by Gasteiger charge is 2.25. The lowest BCUT2D eigenvalue weighted by atomic mass is 9.88. The number of anilines is 2. The Morgan fingerprint density at radius 1 is 1.16 bits per heavy atom. The minimum atomic E-state index is 0.373. The van der Waals surface area contributed by atoms with Gasteiger partial charge in [0.05, 0.1) is 12.1 Å². The van der Waals surface area contributed by atoms with Crippen molar-refractivity contribution in [3.05, 3.63) is 53.6 Å². The van der Waals surface area contributed by atoms with Crippen molar-refractivity contribution in [2.75, 3.05) is 23.8 Å². The number of hydrogen-bond acceptors (Lipinski definition) is 7. The lowest BCUT2D eigenvalue weighted by molar-refractivity contribution is 0.331. The van der Waals surface area contributed by atoms with Crippen LogP contribution in [0.15, 0.2) is 36.8 Å². The van der Waals surface area contributed by atoms with Gasteiger partial charge in [0.1, 0.15) is 24.5 Å². The normalized spacial score (nSPS) is 18.0. The Balaban J connectivity index is 1.35. The number of nitrogens with zero attached hydrogens (tertiary/aromatic N) is 5. The van der Waals surface area contributed by atoms with Gasteiger partial charge in [0, 0.05) is 35.1 Å². The van der Waals surface area contributed by atoms with E-state index in [1.54, 1.807) is 6.33 Å². The third-order valence-electron chi connectivity index (χ3n) is 6.47. The van der Waals surface area contributed by atoms with Crippen LogP contribution in [0.2, 0.25) is 0 Å². The van der Waals surface area contributed by atoms with E-state index in [4.69, 9.17) is 15.5 Å². The third kappa shape index (κ3) is 3.32. The molecule has 8 nitrogen and oxygen atoms in total. The van der Waals surface area contributed by atoms with Crippen LogP contribution < -0.4 is 15.4 Å². The van der Waals surface area contributed by atoms with Crippen LogP contribution in [0.25, 0.3) is 22.3 Å². The topological polar surface area (TPSA) is 106 Å². The van der Waals surface area contributed by atoms with Crippen molar-refractivity contribution in [2.45, 2.75) is 32.7 Å². The zero-order valence-corrected chi connectivity index (χ0v) is 18.0. The van der Waals surface area contributed by atoms with Crippen molar-refractivity contribution >= 4 is 22.9 Å². The Morgan fingerprint density at radius 3 is 3.03 bits per heavy atom. The molecule has 1 aromatic carbocycles. The maximum atomic E-state index is 6.09. The monoisotopic (exact) mass is 427 g/mol. The van der Waals surface area contributed by atoms with Gasteiger partial charge in [0.2, 0.25) is 0 Å². The van der Waals surface area contributed by atoms with Crippen LogP contribution in [-0.2, 0) is 19.4 Å². The number of H-pyrrole nitrogens is 1. The second-order valence-corrected chi connectivity index (χ2v) is 8.78. The number of fused-ring (bicyclic) bond motifs is 3. The van der Waals surface area contributed by atoms with Gasteiger partial charge in [0.15, 0.2) is 11.6 Å². The quantitative estimate of drug-likeness (QED) is 0.504. The molecule has 0 fully saturated rings. The fourth-order valence-corrected chi connectivity index (χ4v) is 4.80. The first kappa shape index (κ1) is 19.0. The molecule has 32 heavy (non-hydrogen) atoms. The fourth-order valence-electron chi connectivity index (χ4n) is 4.80. The van der Waals surface area contributed by atoms with E-state index in [0.717, 1.165) is 59.7 Å². The molecule has 162 valence electrons. The molecule has 0 spiro atoms. The number of imidazole rings is 1. The summed E-state index contributed by atoms with van der Waals surface area (Å²) in [6.45, 7) is 4.47. The van der Waals surface area contributed by atoms with Gasteiger partial charge < -0.3 is 20.4 Å². The van der Waals surface area contributed by atoms with Gasteiger partial charge in [-0.25, -0.2) is 15.0 Å². The number of hydrogen-bond donors (Lipinski definition) is 2. The molecule has 3 aromatic heterocycles. The zero-order chi connectivity index (χ0) is 21.7. The van der Waals surface area contributed by atoms with Crippen molar-refractivity contribution in [2.24, 2.45) is 5.92 Å². The van der Waals surface area contributed by atoms with E-state index in [0.29, 0.717) is 24.1 Å². The first-order chi connectivity index (χ1) is 15.6. The van der Waals surface area contributed by atoms with Crippen LogP contribution in [0, 0.1) is 5.92 Å². The SMILES string of the molecule is CC1CCc2c(ncnc2N2CCOc3ccc(-c4cnc5nc(N)[nH]c5c4)cc3C2)C1. The van der Waals surface area contributed by atoms with Gasteiger partial charge in [-0.05, 0) is 48.9 Å². The number of nitrogens with one attached hydrogen (secondary N) is 1. The standard InChI is InChI=1S/C24H25N7O/c1-14-2-4-18-19(8-14)27-13-28-23(18)31-6-7-32-21-5-3-15(9-17(21)12-31)16-10-20-22(26-11-16)30-24(25)29-20/h3,5,9-11,13-14H,2,4,6-8,12H2,1H3,(H3,25,26,29,30). The van der Waals surface area contributed by atoms with Gasteiger partial charge in [-0.2, -0.15) is 4.98 Å². The molecule has 1 unspecified atom stereocenters. The summed E-state index contributed by atoms with van der Waals surface area (Å²) in [4.78, 5) is 23.3. The number of rotatable bonds is 2. The summed E-state index contributed by atoms with van der Waals surface area (Å²) in [7, 11) is 0. The Bertz CT molecular complexity index is 1320. The molecule has 4 heterocycles. The Labute approximate surface area is 185 Å². The van der Waals surface area contributed by atoms with Gasteiger partial charge in [-0.15, -0.1) is 0 Å². The summed E-state index contributed by atoms with van der Waals surface area (Å²) in [6.07, 6.45) is 6.80. The van der Waals surface area contributed by atoms with E-state index in [2.05, 4.69) is 50.0 Å².